The van der Waals surface area contributed by atoms with Gasteiger partial charge in [0, 0.05) is 32.2 Å². The molecule has 1 N–H and O–H groups in total. The van der Waals surface area contributed by atoms with Gasteiger partial charge in [-0.2, -0.15) is 5.10 Å². The van der Waals surface area contributed by atoms with Crippen molar-refractivity contribution in [3.63, 3.8) is 0 Å². The molecule has 0 aliphatic carbocycles. The van der Waals surface area contributed by atoms with E-state index in [1.165, 1.54) is 10.2 Å². The zero-order chi connectivity index (χ0) is 21.8. The Kier molecular flexibility index (Phi) is 6.73. The standard InChI is InChI=1S/C23H28ClN5O2/c1-16-14-19(27-31-16)21-20(22(24)28(2)26-21)23(30)29-13-7-6-10-18(15-29)25-12-11-17-8-4-3-5-9-17/h3-5,8-9,14,18,25H,6-7,10-13,15H2,1-2H3. The van der Waals surface area contributed by atoms with E-state index in [4.69, 9.17) is 16.1 Å². The fourth-order valence-electron chi connectivity index (χ4n) is 4.07. The molecule has 8 heteroatoms. The van der Waals surface area contributed by atoms with Gasteiger partial charge >= 0.3 is 0 Å². The van der Waals surface area contributed by atoms with Gasteiger partial charge in [-0.15, -0.1) is 0 Å². The summed E-state index contributed by atoms with van der Waals surface area (Å²) < 4.78 is 6.70. The number of nitrogens with zero attached hydrogens (tertiary/aromatic N) is 4. The molecular weight excluding hydrogens is 414 g/mol. The zero-order valence-corrected chi connectivity index (χ0v) is 18.7. The van der Waals surface area contributed by atoms with E-state index in [-0.39, 0.29) is 11.9 Å². The monoisotopic (exact) mass is 441 g/mol. The Labute approximate surface area is 187 Å². The van der Waals surface area contributed by atoms with Gasteiger partial charge in [-0.1, -0.05) is 53.5 Å². The lowest BCUT2D eigenvalue weighted by Crippen LogP contribution is -2.43. The quantitative estimate of drug-likeness (QED) is 0.628. The van der Waals surface area contributed by atoms with Crippen molar-refractivity contribution in [3.05, 3.63) is 58.4 Å². The number of rotatable bonds is 6. The lowest BCUT2D eigenvalue weighted by Gasteiger charge is -2.25. The molecule has 2 aromatic heterocycles. The Morgan fingerprint density at radius 3 is 2.84 bits per heavy atom. The van der Waals surface area contributed by atoms with Gasteiger partial charge in [0.25, 0.3) is 5.91 Å². The van der Waals surface area contributed by atoms with Gasteiger partial charge in [-0.3, -0.25) is 9.48 Å². The van der Waals surface area contributed by atoms with Crippen LogP contribution < -0.4 is 5.32 Å². The van der Waals surface area contributed by atoms with Crippen molar-refractivity contribution in [2.24, 2.45) is 7.05 Å². The third-order valence-electron chi connectivity index (χ3n) is 5.71. The molecule has 1 aromatic carbocycles. The number of carbonyl (C=O) groups excluding carboxylic acids is 1. The summed E-state index contributed by atoms with van der Waals surface area (Å²) in [6, 6.07) is 12.5. The Balaban J connectivity index is 1.47. The van der Waals surface area contributed by atoms with Gasteiger partial charge < -0.3 is 14.7 Å². The van der Waals surface area contributed by atoms with Crippen LogP contribution in [0.5, 0.6) is 0 Å². The van der Waals surface area contributed by atoms with E-state index in [2.05, 4.69) is 39.8 Å². The molecule has 1 saturated heterocycles. The molecule has 7 nitrogen and oxygen atoms in total. The van der Waals surface area contributed by atoms with E-state index in [1.54, 1.807) is 13.1 Å². The number of carbonyl (C=O) groups is 1. The number of aromatic nitrogens is 3. The number of hydrogen-bond acceptors (Lipinski definition) is 5. The van der Waals surface area contributed by atoms with Gasteiger partial charge in [0.15, 0.2) is 0 Å². The Morgan fingerprint density at radius 2 is 2.10 bits per heavy atom. The van der Waals surface area contributed by atoms with Crippen LogP contribution in [0.15, 0.2) is 40.9 Å². The highest BCUT2D eigenvalue weighted by Crippen LogP contribution is 2.30. The van der Waals surface area contributed by atoms with Crippen molar-refractivity contribution < 1.29 is 9.32 Å². The van der Waals surface area contributed by atoms with E-state index in [0.717, 1.165) is 32.2 Å². The lowest BCUT2D eigenvalue weighted by molar-refractivity contribution is 0.0750. The molecule has 31 heavy (non-hydrogen) atoms. The van der Waals surface area contributed by atoms with E-state index in [9.17, 15) is 4.79 Å². The first-order chi connectivity index (χ1) is 15.0. The van der Waals surface area contributed by atoms with Crippen molar-refractivity contribution >= 4 is 17.5 Å². The summed E-state index contributed by atoms with van der Waals surface area (Å²) >= 11 is 6.49. The largest absolute Gasteiger partial charge is 0.361 e. The van der Waals surface area contributed by atoms with E-state index < -0.39 is 0 Å². The molecule has 1 aliphatic rings. The Morgan fingerprint density at radius 1 is 1.29 bits per heavy atom. The van der Waals surface area contributed by atoms with Gasteiger partial charge in [-0.25, -0.2) is 0 Å². The maximum Gasteiger partial charge on any atom is 0.259 e. The molecule has 3 heterocycles. The molecule has 1 amide bonds. The highest BCUT2D eigenvalue weighted by atomic mass is 35.5. The number of benzene rings is 1. The van der Waals surface area contributed by atoms with E-state index >= 15 is 0 Å². The van der Waals surface area contributed by atoms with Gasteiger partial charge in [0.05, 0.1) is 0 Å². The highest BCUT2D eigenvalue weighted by Gasteiger charge is 2.30. The fraction of sp³-hybridized carbons (Fsp3) is 0.435. The maximum atomic E-state index is 13.5. The summed E-state index contributed by atoms with van der Waals surface area (Å²) in [5.74, 6) is 0.554. The van der Waals surface area contributed by atoms with Crippen LogP contribution in [-0.4, -0.2) is 51.4 Å². The third-order valence-corrected chi connectivity index (χ3v) is 6.14. The smallest absolute Gasteiger partial charge is 0.259 e. The summed E-state index contributed by atoms with van der Waals surface area (Å²) in [5.41, 5.74) is 2.69. The number of hydrogen-bond donors (Lipinski definition) is 1. The molecule has 0 saturated carbocycles. The van der Waals surface area contributed by atoms with Crippen LogP contribution in [0.1, 0.15) is 40.9 Å². The molecule has 1 aliphatic heterocycles. The van der Waals surface area contributed by atoms with Crippen molar-refractivity contribution in [2.45, 2.75) is 38.6 Å². The van der Waals surface area contributed by atoms with Crippen molar-refractivity contribution in [2.75, 3.05) is 19.6 Å². The Hall–Kier alpha value is -2.64. The zero-order valence-electron chi connectivity index (χ0n) is 18.0. The molecule has 1 unspecified atom stereocenters. The van der Waals surface area contributed by atoms with E-state index in [1.807, 2.05) is 17.9 Å². The van der Waals surface area contributed by atoms with Crippen molar-refractivity contribution in [1.29, 1.82) is 0 Å². The lowest BCUT2D eigenvalue weighted by atomic mass is 10.1. The number of amides is 1. The number of likely N-dealkylation sites (tertiary alicyclic amines) is 1. The number of halogens is 1. The second kappa shape index (κ2) is 9.66. The fourth-order valence-corrected chi connectivity index (χ4v) is 4.27. The van der Waals surface area contributed by atoms with Crippen LogP contribution in [0, 0.1) is 6.92 Å². The molecule has 1 atom stereocenters. The molecule has 0 bridgehead atoms. The minimum absolute atomic E-state index is 0.106. The molecule has 0 spiro atoms. The van der Waals surface area contributed by atoms with Crippen LogP contribution in [0.2, 0.25) is 5.15 Å². The highest BCUT2D eigenvalue weighted by molar-refractivity contribution is 6.33. The van der Waals surface area contributed by atoms with Crippen LogP contribution in [0.3, 0.4) is 0 Å². The van der Waals surface area contributed by atoms with Crippen LogP contribution in [-0.2, 0) is 13.5 Å². The average molecular weight is 442 g/mol. The normalized spacial score (nSPS) is 17.0. The average Bonchev–Trinajstić information content (AvgIpc) is 3.22. The molecule has 164 valence electrons. The molecule has 4 rings (SSSR count). The SMILES string of the molecule is Cc1cc(-c2nn(C)c(Cl)c2C(=O)N2CCCCC(NCCc3ccccc3)C2)no1. The van der Waals surface area contributed by atoms with Crippen molar-refractivity contribution in [1.82, 2.24) is 25.2 Å². The number of nitrogens with one attached hydrogen (secondary N) is 1. The predicted molar refractivity (Wildman–Crippen MR) is 120 cm³/mol. The minimum atomic E-state index is -0.106. The first-order valence-electron chi connectivity index (χ1n) is 10.8. The summed E-state index contributed by atoms with van der Waals surface area (Å²) in [4.78, 5) is 15.4. The van der Waals surface area contributed by atoms with Gasteiger partial charge in [0.2, 0.25) is 0 Å². The first-order valence-corrected chi connectivity index (χ1v) is 11.1. The van der Waals surface area contributed by atoms with Gasteiger partial charge in [0.1, 0.15) is 27.9 Å². The van der Waals surface area contributed by atoms with Gasteiger partial charge in [-0.05, 0) is 38.3 Å². The van der Waals surface area contributed by atoms with Crippen LogP contribution in [0.4, 0.5) is 0 Å². The minimum Gasteiger partial charge on any atom is -0.361 e. The molecule has 0 radical (unpaired) electrons. The Bertz CT molecular complexity index is 1030. The molecule has 1 fully saturated rings. The second-order valence-electron chi connectivity index (χ2n) is 8.09. The summed E-state index contributed by atoms with van der Waals surface area (Å²) in [5, 5.41) is 12.4. The predicted octanol–water partition coefficient (Wildman–Crippen LogP) is 3.86. The maximum absolute atomic E-state index is 13.5. The number of aryl methyl sites for hydroxylation is 2. The summed E-state index contributed by atoms with van der Waals surface area (Å²) in [6.07, 6.45) is 4.08. The van der Waals surface area contributed by atoms with E-state index in [0.29, 0.717) is 41.0 Å². The van der Waals surface area contributed by atoms with Crippen LogP contribution in [0.25, 0.3) is 11.4 Å². The van der Waals surface area contributed by atoms with Crippen LogP contribution >= 0.6 is 11.6 Å². The third kappa shape index (κ3) is 4.99. The second-order valence-corrected chi connectivity index (χ2v) is 8.45. The summed E-state index contributed by atoms with van der Waals surface area (Å²) in [6.45, 7) is 4.05. The van der Waals surface area contributed by atoms with Crippen molar-refractivity contribution in [3.8, 4) is 11.4 Å². The molecular formula is C23H28ClN5O2. The summed E-state index contributed by atoms with van der Waals surface area (Å²) in [7, 11) is 1.73. The topological polar surface area (TPSA) is 76.2 Å². The molecule has 3 aromatic rings. The first kappa shape index (κ1) is 21.6.